The summed E-state index contributed by atoms with van der Waals surface area (Å²) in [7, 11) is 0. The SMILES string of the molecule is CCCc1ccc(OC(C)(C)C(=O)NN=Cc2ccccc2O)cc1. The Morgan fingerprint density at radius 3 is 2.52 bits per heavy atom. The van der Waals surface area contributed by atoms with Crippen LogP contribution in [0.2, 0.25) is 0 Å². The topological polar surface area (TPSA) is 70.9 Å². The molecule has 0 unspecified atom stereocenters. The van der Waals surface area contributed by atoms with Crippen molar-refractivity contribution in [3.8, 4) is 11.5 Å². The number of benzene rings is 2. The van der Waals surface area contributed by atoms with Gasteiger partial charge in [0.1, 0.15) is 11.5 Å². The Morgan fingerprint density at radius 2 is 1.88 bits per heavy atom. The van der Waals surface area contributed by atoms with Crippen molar-refractivity contribution < 1.29 is 14.6 Å². The molecular weight excluding hydrogens is 316 g/mol. The van der Waals surface area contributed by atoms with E-state index in [4.69, 9.17) is 4.74 Å². The number of nitrogens with one attached hydrogen (secondary N) is 1. The molecule has 0 atom stereocenters. The molecular formula is C20H24N2O3. The second kappa shape index (κ2) is 8.33. The number of rotatable bonds is 7. The van der Waals surface area contributed by atoms with Crippen molar-refractivity contribution in [2.24, 2.45) is 5.10 Å². The van der Waals surface area contributed by atoms with E-state index in [1.807, 2.05) is 24.3 Å². The number of carbonyl (C=O) groups is 1. The van der Waals surface area contributed by atoms with Gasteiger partial charge in [-0.15, -0.1) is 0 Å². The van der Waals surface area contributed by atoms with E-state index >= 15 is 0 Å². The fraction of sp³-hybridized carbons (Fsp3) is 0.300. The fourth-order valence-corrected chi connectivity index (χ4v) is 2.25. The first kappa shape index (κ1) is 18.5. The molecule has 2 aromatic rings. The number of nitrogens with zero attached hydrogens (tertiary/aromatic N) is 1. The molecule has 5 nitrogen and oxygen atoms in total. The van der Waals surface area contributed by atoms with Gasteiger partial charge in [0, 0.05) is 5.56 Å². The lowest BCUT2D eigenvalue weighted by Gasteiger charge is -2.24. The molecule has 5 heteroatoms. The van der Waals surface area contributed by atoms with Crippen molar-refractivity contribution in [2.75, 3.05) is 0 Å². The molecule has 0 aliphatic heterocycles. The Hall–Kier alpha value is -2.82. The minimum absolute atomic E-state index is 0.100. The van der Waals surface area contributed by atoms with Crippen LogP contribution in [-0.2, 0) is 11.2 Å². The van der Waals surface area contributed by atoms with Crippen LogP contribution in [0.1, 0.15) is 38.3 Å². The van der Waals surface area contributed by atoms with Gasteiger partial charge in [-0.2, -0.15) is 5.10 Å². The highest BCUT2D eigenvalue weighted by Crippen LogP contribution is 2.20. The van der Waals surface area contributed by atoms with Gasteiger partial charge >= 0.3 is 0 Å². The summed E-state index contributed by atoms with van der Waals surface area (Å²) in [6.07, 6.45) is 3.50. The molecule has 0 saturated carbocycles. The first-order valence-electron chi connectivity index (χ1n) is 8.32. The number of aryl methyl sites for hydroxylation is 1. The third-order valence-corrected chi connectivity index (χ3v) is 3.69. The molecule has 0 saturated heterocycles. The number of hydrogen-bond donors (Lipinski definition) is 2. The van der Waals surface area contributed by atoms with Gasteiger partial charge in [0.15, 0.2) is 5.60 Å². The zero-order chi connectivity index (χ0) is 18.3. The maximum atomic E-state index is 12.3. The van der Waals surface area contributed by atoms with Crippen LogP contribution in [0.5, 0.6) is 11.5 Å². The minimum atomic E-state index is -1.08. The first-order valence-corrected chi connectivity index (χ1v) is 8.32. The molecule has 0 aliphatic carbocycles. The summed E-state index contributed by atoms with van der Waals surface area (Å²) in [6.45, 7) is 5.49. The van der Waals surface area contributed by atoms with Gasteiger partial charge in [-0.1, -0.05) is 37.6 Å². The summed E-state index contributed by atoms with van der Waals surface area (Å²) in [6, 6.07) is 14.5. The molecule has 0 spiro atoms. The lowest BCUT2D eigenvalue weighted by molar-refractivity contribution is -0.134. The van der Waals surface area contributed by atoms with Crippen molar-refractivity contribution in [3.63, 3.8) is 0 Å². The van der Waals surface area contributed by atoms with E-state index in [1.54, 1.807) is 38.1 Å². The third-order valence-electron chi connectivity index (χ3n) is 3.69. The van der Waals surface area contributed by atoms with Crippen LogP contribution < -0.4 is 10.2 Å². The molecule has 0 aromatic heterocycles. The fourth-order valence-electron chi connectivity index (χ4n) is 2.25. The maximum Gasteiger partial charge on any atom is 0.283 e. The number of carbonyl (C=O) groups excluding carboxylic acids is 1. The van der Waals surface area contributed by atoms with Crippen molar-refractivity contribution in [3.05, 3.63) is 59.7 Å². The van der Waals surface area contributed by atoms with E-state index in [-0.39, 0.29) is 11.7 Å². The molecule has 2 rings (SSSR count). The average Bonchev–Trinajstić information content (AvgIpc) is 2.58. The lowest BCUT2D eigenvalue weighted by Crippen LogP contribution is -2.44. The summed E-state index contributed by atoms with van der Waals surface area (Å²) in [4.78, 5) is 12.3. The molecule has 0 heterocycles. The van der Waals surface area contributed by atoms with Crippen LogP contribution in [0.3, 0.4) is 0 Å². The van der Waals surface area contributed by atoms with Gasteiger partial charge in [-0.05, 0) is 50.1 Å². The normalized spacial score (nSPS) is 11.5. The molecule has 2 aromatic carbocycles. The number of aromatic hydroxyl groups is 1. The minimum Gasteiger partial charge on any atom is -0.507 e. The summed E-state index contributed by atoms with van der Waals surface area (Å²) in [5, 5.41) is 13.5. The smallest absolute Gasteiger partial charge is 0.283 e. The van der Waals surface area contributed by atoms with Crippen LogP contribution in [0.15, 0.2) is 53.6 Å². The van der Waals surface area contributed by atoms with Crippen LogP contribution >= 0.6 is 0 Å². The summed E-state index contributed by atoms with van der Waals surface area (Å²) >= 11 is 0. The molecule has 0 bridgehead atoms. The van der Waals surface area contributed by atoms with E-state index in [0.29, 0.717) is 11.3 Å². The number of para-hydroxylation sites is 1. The van der Waals surface area contributed by atoms with E-state index in [2.05, 4.69) is 17.5 Å². The number of amides is 1. The van der Waals surface area contributed by atoms with Crippen LogP contribution in [0.25, 0.3) is 0 Å². The van der Waals surface area contributed by atoms with Crippen LogP contribution in [-0.4, -0.2) is 22.8 Å². The van der Waals surface area contributed by atoms with Gasteiger partial charge in [-0.3, -0.25) is 4.79 Å². The zero-order valence-electron chi connectivity index (χ0n) is 14.8. The Balaban J connectivity index is 1.96. The van der Waals surface area contributed by atoms with Crippen LogP contribution in [0.4, 0.5) is 0 Å². The van der Waals surface area contributed by atoms with E-state index < -0.39 is 5.60 Å². The van der Waals surface area contributed by atoms with Gasteiger partial charge < -0.3 is 9.84 Å². The lowest BCUT2D eigenvalue weighted by atomic mass is 10.1. The molecule has 0 aliphatic rings. The number of hydrogen-bond acceptors (Lipinski definition) is 4. The third kappa shape index (κ3) is 5.35. The number of ether oxygens (including phenoxy) is 1. The number of phenols is 1. The monoisotopic (exact) mass is 340 g/mol. The Kier molecular flexibility index (Phi) is 6.17. The number of hydrazone groups is 1. The maximum absolute atomic E-state index is 12.3. The van der Waals surface area contributed by atoms with Gasteiger partial charge in [0.25, 0.3) is 5.91 Å². The highest BCUT2D eigenvalue weighted by Gasteiger charge is 2.29. The molecule has 1 amide bonds. The van der Waals surface area contributed by atoms with E-state index in [0.717, 1.165) is 12.8 Å². The van der Waals surface area contributed by atoms with Gasteiger partial charge in [-0.25, -0.2) is 5.43 Å². The van der Waals surface area contributed by atoms with Crippen molar-refractivity contribution in [1.29, 1.82) is 0 Å². The summed E-state index contributed by atoms with van der Waals surface area (Å²) in [5.41, 5.74) is 3.13. The number of phenolic OH excluding ortho intramolecular Hbond substituents is 1. The predicted molar refractivity (Wildman–Crippen MR) is 99.0 cm³/mol. The molecule has 2 N–H and O–H groups in total. The largest absolute Gasteiger partial charge is 0.507 e. The zero-order valence-corrected chi connectivity index (χ0v) is 14.8. The van der Waals surface area contributed by atoms with Gasteiger partial charge in [0.05, 0.1) is 6.21 Å². The molecule has 0 fully saturated rings. The van der Waals surface area contributed by atoms with Crippen molar-refractivity contribution in [2.45, 2.75) is 39.2 Å². The van der Waals surface area contributed by atoms with E-state index in [9.17, 15) is 9.90 Å². The molecule has 132 valence electrons. The van der Waals surface area contributed by atoms with Crippen LogP contribution in [0, 0.1) is 0 Å². The van der Waals surface area contributed by atoms with Crippen molar-refractivity contribution >= 4 is 12.1 Å². The highest BCUT2D eigenvalue weighted by molar-refractivity contribution is 5.87. The second-order valence-corrected chi connectivity index (χ2v) is 6.26. The first-order chi connectivity index (χ1) is 11.9. The van der Waals surface area contributed by atoms with E-state index in [1.165, 1.54) is 11.8 Å². The highest BCUT2D eigenvalue weighted by atomic mass is 16.5. The summed E-state index contributed by atoms with van der Waals surface area (Å²) in [5.74, 6) is 0.352. The Bertz CT molecular complexity index is 737. The van der Waals surface area contributed by atoms with Crippen molar-refractivity contribution in [1.82, 2.24) is 5.43 Å². The quantitative estimate of drug-likeness (QED) is 0.597. The Labute approximate surface area is 148 Å². The summed E-state index contributed by atoms with van der Waals surface area (Å²) < 4.78 is 5.79. The standard InChI is InChI=1S/C20H24N2O3/c1-4-7-15-10-12-17(13-11-15)25-20(2,3)19(24)22-21-14-16-8-5-6-9-18(16)23/h5-6,8-14,23H,4,7H2,1-3H3,(H,22,24). The molecule has 0 radical (unpaired) electrons. The Morgan fingerprint density at radius 1 is 1.20 bits per heavy atom. The second-order valence-electron chi connectivity index (χ2n) is 6.26. The predicted octanol–water partition coefficient (Wildman–Crippen LogP) is 3.65. The average molecular weight is 340 g/mol. The molecule has 25 heavy (non-hydrogen) atoms. The van der Waals surface area contributed by atoms with Gasteiger partial charge in [0.2, 0.25) is 0 Å².